The molecule has 0 saturated heterocycles. The van der Waals surface area contributed by atoms with E-state index in [9.17, 15) is 0 Å². The maximum absolute atomic E-state index is 4.15. The van der Waals surface area contributed by atoms with Crippen molar-refractivity contribution in [1.82, 2.24) is 5.32 Å². The molecule has 1 nitrogen and oxygen atoms in total. The number of rotatable bonds is 6. The predicted molar refractivity (Wildman–Crippen MR) is 96.7 cm³/mol. The summed E-state index contributed by atoms with van der Waals surface area (Å²) >= 11 is 0. The van der Waals surface area contributed by atoms with Gasteiger partial charge >= 0.3 is 0 Å². The fourth-order valence-corrected chi connectivity index (χ4v) is 1.47. The van der Waals surface area contributed by atoms with Gasteiger partial charge in [0, 0.05) is 11.4 Å². The lowest BCUT2D eigenvalue weighted by Crippen LogP contribution is -2.18. The van der Waals surface area contributed by atoms with Crippen LogP contribution in [0.5, 0.6) is 0 Å². The molecule has 0 bridgehead atoms. The SMILES string of the molecule is C=C/C(=C(/NC(=C)C)C(=C)C(C)C)C(C)C.CC.CC. The Morgan fingerprint density at radius 1 is 0.900 bits per heavy atom. The molecule has 0 spiro atoms. The van der Waals surface area contributed by atoms with E-state index in [1.165, 1.54) is 5.57 Å². The lowest BCUT2D eigenvalue weighted by molar-refractivity contribution is 0.720. The van der Waals surface area contributed by atoms with Crippen LogP contribution in [0, 0.1) is 11.8 Å². The summed E-state index contributed by atoms with van der Waals surface area (Å²) in [4.78, 5) is 0. The van der Waals surface area contributed by atoms with E-state index < -0.39 is 0 Å². The Bertz CT molecular complexity index is 317. The molecule has 1 heteroatoms. The summed E-state index contributed by atoms with van der Waals surface area (Å²) in [5.74, 6) is 0.838. The molecule has 0 aliphatic rings. The van der Waals surface area contributed by atoms with Crippen LogP contribution in [0.2, 0.25) is 0 Å². The van der Waals surface area contributed by atoms with E-state index >= 15 is 0 Å². The zero-order valence-electron chi connectivity index (χ0n) is 15.4. The number of allylic oxidation sites excluding steroid dienone is 4. The number of hydrogen-bond acceptors (Lipinski definition) is 1. The quantitative estimate of drug-likeness (QED) is 0.549. The molecule has 0 heterocycles. The van der Waals surface area contributed by atoms with E-state index in [4.69, 9.17) is 0 Å². The molecule has 0 saturated carbocycles. The normalized spacial score (nSPS) is 10.6. The molecule has 0 atom stereocenters. The van der Waals surface area contributed by atoms with E-state index in [2.05, 4.69) is 52.7 Å². The largest absolute Gasteiger partial charge is 0.359 e. The third-order valence-electron chi connectivity index (χ3n) is 2.49. The molecule has 0 aromatic rings. The topological polar surface area (TPSA) is 12.0 Å². The summed E-state index contributed by atoms with van der Waals surface area (Å²) < 4.78 is 0. The molecular formula is C19H37N. The summed E-state index contributed by atoms with van der Waals surface area (Å²) in [7, 11) is 0. The van der Waals surface area contributed by atoms with E-state index in [1.807, 2.05) is 40.7 Å². The molecule has 0 aromatic carbocycles. The Morgan fingerprint density at radius 3 is 1.50 bits per heavy atom. The first kappa shape index (κ1) is 23.8. The molecule has 0 rings (SSSR count). The molecule has 0 radical (unpaired) electrons. The lowest BCUT2D eigenvalue weighted by atomic mass is 9.92. The van der Waals surface area contributed by atoms with Gasteiger partial charge in [-0.05, 0) is 29.9 Å². The van der Waals surface area contributed by atoms with Crippen LogP contribution in [0.4, 0.5) is 0 Å². The van der Waals surface area contributed by atoms with Crippen molar-refractivity contribution in [3.8, 4) is 0 Å². The Balaban J connectivity index is -0.000000656. The first-order chi connectivity index (χ1) is 9.31. The summed E-state index contributed by atoms with van der Waals surface area (Å²) in [6.07, 6.45) is 1.91. The highest BCUT2D eigenvalue weighted by atomic mass is 14.9. The van der Waals surface area contributed by atoms with Crippen molar-refractivity contribution < 1.29 is 0 Å². The maximum atomic E-state index is 4.15. The molecule has 0 amide bonds. The highest BCUT2D eigenvalue weighted by Gasteiger charge is 2.13. The van der Waals surface area contributed by atoms with Crippen LogP contribution in [0.25, 0.3) is 0 Å². The fraction of sp³-hybridized carbons (Fsp3) is 0.579. The van der Waals surface area contributed by atoms with Gasteiger partial charge in [-0.1, -0.05) is 81.2 Å². The van der Waals surface area contributed by atoms with Crippen LogP contribution >= 0.6 is 0 Å². The first-order valence-corrected chi connectivity index (χ1v) is 7.79. The highest BCUT2D eigenvalue weighted by Crippen LogP contribution is 2.24. The summed E-state index contributed by atoms with van der Waals surface area (Å²) in [5.41, 5.74) is 4.30. The van der Waals surface area contributed by atoms with Crippen LogP contribution in [0.1, 0.15) is 62.3 Å². The van der Waals surface area contributed by atoms with Crippen LogP contribution in [-0.2, 0) is 0 Å². The minimum absolute atomic E-state index is 0.413. The second-order valence-electron chi connectivity index (χ2n) is 4.77. The highest BCUT2D eigenvalue weighted by molar-refractivity contribution is 5.40. The van der Waals surface area contributed by atoms with Crippen molar-refractivity contribution in [1.29, 1.82) is 0 Å². The van der Waals surface area contributed by atoms with Crippen molar-refractivity contribution in [3.05, 3.63) is 48.4 Å². The molecule has 0 unspecified atom stereocenters. The van der Waals surface area contributed by atoms with Gasteiger partial charge in [0.05, 0.1) is 0 Å². The third-order valence-corrected chi connectivity index (χ3v) is 2.49. The standard InChI is InChI=1S/C15H25N.2C2H6/c1-9-14(11(4)5)15(16-12(6)7)13(8)10(2)3;2*1-2/h9-11,16H,1,6,8H2,2-5,7H3;2*1-2H3/b15-14-;;. The van der Waals surface area contributed by atoms with Gasteiger partial charge in [0.2, 0.25) is 0 Å². The van der Waals surface area contributed by atoms with Gasteiger partial charge < -0.3 is 5.32 Å². The average molecular weight is 280 g/mol. The smallest absolute Gasteiger partial charge is 0.0445 e. The van der Waals surface area contributed by atoms with Gasteiger partial charge in [-0.15, -0.1) is 0 Å². The number of hydrogen-bond donors (Lipinski definition) is 1. The van der Waals surface area contributed by atoms with Crippen molar-refractivity contribution in [3.63, 3.8) is 0 Å². The minimum atomic E-state index is 0.413. The van der Waals surface area contributed by atoms with Gasteiger partial charge in [-0.2, -0.15) is 0 Å². The Labute approximate surface area is 128 Å². The number of nitrogens with one attached hydrogen (secondary N) is 1. The molecule has 0 aliphatic carbocycles. The first-order valence-electron chi connectivity index (χ1n) is 7.79. The summed E-state index contributed by atoms with van der Waals surface area (Å²) in [6.45, 7) is 30.5. The summed E-state index contributed by atoms with van der Waals surface area (Å²) in [5, 5.41) is 3.31. The average Bonchev–Trinajstić information content (AvgIpc) is 2.41. The zero-order chi connectivity index (χ0) is 16.9. The van der Waals surface area contributed by atoms with Gasteiger partial charge in [0.15, 0.2) is 0 Å². The van der Waals surface area contributed by atoms with Gasteiger partial charge in [-0.3, -0.25) is 0 Å². The van der Waals surface area contributed by atoms with Crippen molar-refractivity contribution in [2.45, 2.75) is 62.3 Å². The second kappa shape index (κ2) is 14.2. The molecular weight excluding hydrogens is 242 g/mol. The molecule has 118 valence electrons. The molecule has 1 N–H and O–H groups in total. The van der Waals surface area contributed by atoms with Gasteiger partial charge in [-0.25, -0.2) is 0 Å². The Kier molecular flexibility index (Phi) is 16.9. The lowest BCUT2D eigenvalue weighted by Gasteiger charge is -2.21. The van der Waals surface area contributed by atoms with Gasteiger partial charge in [0.25, 0.3) is 0 Å². The van der Waals surface area contributed by atoms with Crippen molar-refractivity contribution in [2.24, 2.45) is 11.8 Å². The van der Waals surface area contributed by atoms with E-state index in [0.717, 1.165) is 17.0 Å². The monoisotopic (exact) mass is 279 g/mol. The Hall–Kier alpha value is -1.24. The second-order valence-corrected chi connectivity index (χ2v) is 4.77. The van der Waals surface area contributed by atoms with E-state index in [1.54, 1.807) is 0 Å². The van der Waals surface area contributed by atoms with Gasteiger partial charge in [0.1, 0.15) is 0 Å². The van der Waals surface area contributed by atoms with Crippen LogP contribution in [-0.4, -0.2) is 0 Å². The zero-order valence-corrected chi connectivity index (χ0v) is 15.4. The van der Waals surface area contributed by atoms with E-state index in [-0.39, 0.29) is 0 Å². The predicted octanol–water partition coefficient (Wildman–Crippen LogP) is 6.47. The molecule has 0 aliphatic heterocycles. The summed E-state index contributed by atoms with van der Waals surface area (Å²) in [6, 6.07) is 0. The van der Waals surface area contributed by atoms with Crippen LogP contribution in [0.15, 0.2) is 48.4 Å². The Morgan fingerprint density at radius 2 is 1.30 bits per heavy atom. The maximum Gasteiger partial charge on any atom is 0.0445 e. The van der Waals surface area contributed by atoms with Crippen molar-refractivity contribution >= 4 is 0 Å². The minimum Gasteiger partial charge on any atom is -0.359 e. The molecule has 0 aromatic heterocycles. The van der Waals surface area contributed by atoms with Crippen LogP contribution in [0.3, 0.4) is 0 Å². The third kappa shape index (κ3) is 9.66. The van der Waals surface area contributed by atoms with E-state index in [0.29, 0.717) is 11.8 Å². The molecule has 0 fully saturated rings. The molecule has 20 heavy (non-hydrogen) atoms. The van der Waals surface area contributed by atoms with Crippen LogP contribution < -0.4 is 5.32 Å². The fourth-order valence-electron chi connectivity index (χ4n) is 1.47. The van der Waals surface area contributed by atoms with Crippen molar-refractivity contribution in [2.75, 3.05) is 0 Å².